The summed E-state index contributed by atoms with van der Waals surface area (Å²) in [5.41, 5.74) is 3.68. The summed E-state index contributed by atoms with van der Waals surface area (Å²) < 4.78 is 5.66. The van der Waals surface area contributed by atoms with Crippen LogP contribution < -0.4 is 15.0 Å². The number of ether oxygens (including phenoxy) is 1. The Morgan fingerprint density at radius 2 is 1.85 bits per heavy atom. The van der Waals surface area contributed by atoms with E-state index in [2.05, 4.69) is 5.32 Å². The topological polar surface area (TPSA) is 58.6 Å². The number of amides is 2. The molecular weight excluding hydrogens is 364 g/mol. The molecule has 1 fully saturated rings. The molecule has 1 aliphatic heterocycles. The van der Waals surface area contributed by atoms with Crippen molar-refractivity contribution in [2.24, 2.45) is 0 Å². The second kappa shape index (κ2) is 8.44. The van der Waals surface area contributed by atoms with Gasteiger partial charge in [-0.15, -0.1) is 0 Å². The Kier molecular flexibility index (Phi) is 6.01. The summed E-state index contributed by atoms with van der Waals surface area (Å²) in [5, 5.41) is 3.50. The van der Waals surface area contributed by atoms with Crippen molar-refractivity contribution in [3.63, 3.8) is 0 Å². The van der Waals surface area contributed by atoms with Crippen LogP contribution in [-0.4, -0.2) is 25.0 Å². The lowest BCUT2D eigenvalue weighted by molar-refractivity contribution is -0.123. The number of nitrogens with one attached hydrogen (secondary N) is 1. The van der Waals surface area contributed by atoms with Crippen molar-refractivity contribution < 1.29 is 14.3 Å². The Morgan fingerprint density at radius 3 is 2.44 bits per heavy atom. The molecular formula is C21H23ClN2O3. The SMILES string of the molecule is Cc1cc(Cl)cc(C)c1OCC(=O)NCc1ccc(N2CCCC2=O)cc1. The molecule has 0 aromatic heterocycles. The van der Waals surface area contributed by atoms with Gasteiger partial charge in [0.1, 0.15) is 5.75 Å². The van der Waals surface area contributed by atoms with Gasteiger partial charge < -0.3 is 15.0 Å². The molecule has 1 N–H and O–H groups in total. The molecule has 0 atom stereocenters. The van der Waals surface area contributed by atoms with E-state index in [4.69, 9.17) is 16.3 Å². The maximum atomic E-state index is 12.1. The molecule has 2 aromatic carbocycles. The average molecular weight is 387 g/mol. The molecule has 0 saturated carbocycles. The number of hydrogen-bond donors (Lipinski definition) is 1. The van der Waals surface area contributed by atoms with E-state index in [1.165, 1.54) is 0 Å². The van der Waals surface area contributed by atoms with E-state index >= 15 is 0 Å². The number of benzene rings is 2. The van der Waals surface area contributed by atoms with Gasteiger partial charge in [0.25, 0.3) is 5.91 Å². The number of carbonyl (C=O) groups is 2. The molecule has 0 spiro atoms. The van der Waals surface area contributed by atoms with Crippen molar-refractivity contribution in [2.45, 2.75) is 33.2 Å². The standard InChI is InChI=1S/C21H23ClN2O3/c1-14-10-17(22)11-15(2)21(14)27-13-19(25)23-12-16-5-7-18(8-6-16)24-9-3-4-20(24)26/h5-8,10-11H,3-4,9,12-13H2,1-2H3,(H,23,25). The van der Waals surface area contributed by atoms with Crippen LogP contribution in [0.15, 0.2) is 36.4 Å². The van der Waals surface area contributed by atoms with Gasteiger partial charge in [-0.1, -0.05) is 23.7 Å². The molecule has 142 valence electrons. The van der Waals surface area contributed by atoms with Gasteiger partial charge in [-0.25, -0.2) is 0 Å². The van der Waals surface area contributed by atoms with Crippen LogP contribution in [0.4, 0.5) is 5.69 Å². The summed E-state index contributed by atoms with van der Waals surface area (Å²) in [4.78, 5) is 25.7. The van der Waals surface area contributed by atoms with Crippen molar-refractivity contribution in [3.8, 4) is 5.75 Å². The van der Waals surface area contributed by atoms with E-state index in [-0.39, 0.29) is 18.4 Å². The predicted octanol–water partition coefficient (Wildman–Crippen LogP) is 3.78. The average Bonchev–Trinajstić information content (AvgIpc) is 3.05. The Hall–Kier alpha value is -2.53. The lowest BCUT2D eigenvalue weighted by Crippen LogP contribution is -2.28. The van der Waals surface area contributed by atoms with Crippen molar-refractivity contribution >= 4 is 29.1 Å². The zero-order valence-electron chi connectivity index (χ0n) is 15.5. The van der Waals surface area contributed by atoms with E-state index < -0.39 is 0 Å². The summed E-state index contributed by atoms with van der Waals surface area (Å²) in [6.45, 7) is 4.94. The molecule has 2 amide bonds. The first-order valence-electron chi connectivity index (χ1n) is 8.99. The molecule has 0 unspecified atom stereocenters. The number of nitrogens with zero attached hydrogens (tertiary/aromatic N) is 1. The van der Waals surface area contributed by atoms with Crippen LogP contribution in [0.5, 0.6) is 5.75 Å². The van der Waals surface area contributed by atoms with Gasteiger partial charge >= 0.3 is 0 Å². The zero-order valence-corrected chi connectivity index (χ0v) is 16.3. The monoisotopic (exact) mass is 386 g/mol. The molecule has 6 heteroatoms. The molecule has 5 nitrogen and oxygen atoms in total. The van der Waals surface area contributed by atoms with Crippen LogP contribution in [0, 0.1) is 13.8 Å². The van der Waals surface area contributed by atoms with E-state index in [1.54, 1.807) is 4.90 Å². The van der Waals surface area contributed by atoms with Crippen molar-refractivity contribution in [1.29, 1.82) is 0 Å². The molecule has 3 rings (SSSR count). The number of aryl methyl sites for hydroxylation is 2. The lowest BCUT2D eigenvalue weighted by Gasteiger charge is -2.16. The maximum Gasteiger partial charge on any atom is 0.258 e. The van der Waals surface area contributed by atoms with E-state index in [9.17, 15) is 9.59 Å². The fraction of sp³-hybridized carbons (Fsp3) is 0.333. The lowest BCUT2D eigenvalue weighted by atomic mass is 10.1. The molecule has 1 aliphatic rings. The van der Waals surface area contributed by atoms with Gasteiger partial charge in [-0.05, 0) is 61.2 Å². The van der Waals surface area contributed by atoms with Crippen LogP contribution in [-0.2, 0) is 16.1 Å². The van der Waals surface area contributed by atoms with Gasteiger partial charge in [0.2, 0.25) is 5.91 Å². The van der Waals surface area contributed by atoms with Crippen LogP contribution in [0.1, 0.15) is 29.5 Å². The van der Waals surface area contributed by atoms with E-state index in [0.717, 1.165) is 35.3 Å². The van der Waals surface area contributed by atoms with Crippen molar-refractivity contribution in [1.82, 2.24) is 5.32 Å². The van der Waals surface area contributed by atoms with Gasteiger partial charge in [0, 0.05) is 30.2 Å². The largest absolute Gasteiger partial charge is 0.483 e. The molecule has 2 aromatic rings. The Morgan fingerprint density at radius 1 is 1.19 bits per heavy atom. The fourth-order valence-electron chi connectivity index (χ4n) is 3.23. The first kappa shape index (κ1) is 19.2. The summed E-state index contributed by atoms with van der Waals surface area (Å²) in [6.07, 6.45) is 1.52. The number of carbonyl (C=O) groups excluding carboxylic acids is 2. The smallest absolute Gasteiger partial charge is 0.258 e. The Labute approximate surface area is 164 Å². The minimum Gasteiger partial charge on any atom is -0.483 e. The highest BCUT2D eigenvalue weighted by molar-refractivity contribution is 6.30. The molecule has 0 radical (unpaired) electrons. The minimum absolute atomic E-state index is 0.0519. The Bertz CT molecular complexity index is 826. The molecule has 27 heavy (non-hydrogen) atoms. The second-order valence-electron chi connectivity index (χ2n) is 6.75. The van der Waals surface area contributed by atoms with Gasteiger partial charge in [-0.3, -0.25) is 9.59 Å². The normalized spacial score (nSPS) is 13.7. The molecule has 0 aliphatic carbocycles. The van der Waals surface area contributed by atoms with E-state index in [1.807, 2.05) is 50.2 Å². The number of rotatable bonds is 6. The van der Waals surface area contributed by atoms with Crippen LogP contribution in [0.2, 0.25) is 5.02 Å². The third kappa shape index (κ3) is 4.80. The third-order valence-electron chi connectivity index (χ3n) is 4.58. The fourth-order valence-corrected chi connectivity index (χ4v) is 3.56. The van der Waals surface area contributed by atoms with Crippen LogP contribution >= 0.6 is 11.6 Å². The zero-order chi connectivity index (χ0) is 19.4. The first-order chi connectivity index (χ1) is 12.9. The highest BCUT2D eigenvalue weighted by Gasteiger charge is 2.21. The van der Waals surface area contributed by atoms with E-state index in [0.29, 0.717) is 23.7 Å². The van der Waals surface area contributed by atoms with Crippen LogP contribution in [0.3, 0.4) is 0 Å². The second-order valence-corrected chi connectivity index (χ2v) is 7.19. The van der Waals surface area contributed by atoms with Crippen LogP contribution in [0.25, 0.3) is 0 Å². The van der Waals surface area contributed by atoms with Crippen molar-refractivity contribution in [3.05, 3.63) is 58.1 Å². The number of anilines is 1. The molecule has 1 heterocycles. The van der Waals surface area contributed by atoms with Gasteiger partial charge in [0.05, 0.1) is 0 Å². The highest BCUT2D eigenvalue weighted by atomic mass is 35.5. The van der Waals surface area contributed by atoms with Gasteiger partial charge in [-0.2, -0.15) is 0 Å². The maximum absolute atomic E-state index is 12.1. The highest BCUT2D eigenvalue weighted by Crippen LogP contribution is 2.27. The minimum atomic E-state index is -0.192. The predicted molar refractivity (Wildman–Crippen MR) is 106 cm³/mol. The van der Waals surface area contributed by atoms with Crippen molar-refractivity contribution in [2.75, 3.05) is 18.1 Å². The first-order valence-corrected chi connectivity index (χ1v) is 9.37. The summed E-state index contributed by atoms with van der Waals surface area (Å²) in [5.74, 6) is 0.665. The summed E-state index contributed by atoms with van der Waals surface area (Å²) in [7, 11) is 0. The summed E-state index contributed by atoms with van der Waals surface area (Å²) >= 11 is 6.01. The third-order valence-corrected chi connectivity index (χ3v) is 4.80. The molecule has 0 bridgehead atoms. The number of hydrogen-bond acceptors (Lipinski definition) is 3. The Balaban J connectivity index is 1.50. The number of halogens is 1. The molecule has 1 saturated heterocycles. The summed E-state index contributed by atoms with van der Waals surface area (Å²) in [6, 6.07) is 11.3. The quantitative estimate of drug-likeness (QED) is 0.821. The van der Waals surface area contributed by atoms with Gasteiger partial charge in [0.15, 0.2) is 6.61 Å².